The Labute approximate surface area is 209 Å². The van der Waals surface area contributed by atoms with Gasteiger partial charge in [0.25, 0.3) is 0 Å². The summed E-state index contributed by atoms with van der Waals surface area (Å²) in [6.07, 6.45) is 21.9. The second kappa shape index (κ2) is 7.07. The van der Waals surface area contributed by atoms with Gasteiger partial charge >= 0.3 is 0 Å². The minimum absolute atomic E-state index is 0.00830. The molecule has 8 rings (SSSR count). The third kappa shape index (κ3) is 2.83. The van der Waals surface area contributed by atoms with Crippen LogP contribution in [0.2, 0.25) is 0 Å². The van der Waals surface area contributed by atoms with E-state index in [9.17, 15) is 0 Å². The molecule has 2 bridgehead atoms. The molecule has 3 nitrogen and oxygen atoms in total. The molecule has 1 saturated heterocycles. The van der Waals surface area contributed by atoms with Crippen molar-refractivity contribution in [3.8, 4) is 0 Å². The summed E-state index contributed by atoms with van der Waals surface area (Å²) in [5, 5.41) is 2.57. The lowest BCUT2D eigenvalue weighted by Gasteiger charge is -2.55. The highest BCUT2D eigenvalue weighted by Crippen LogP contribution is 2.69. The maximum absolute atomic E-state index is 7.52. The number of pyridine rings is 1. The molecule has 3 heterocycles. The van der Waals surface area contributed by atoms with Gasteiger partial charge in [0.1, 0.15) is 0 Å². The van der Waals surface area contributed by atoms with E-state index in [0.717, 1.165) is 6.04 Å². The first-order valence-corrected chi connectivity index (χ1v) is 14.2. The minimum Gasteiger partial charge on any atom is -0.359 e. The first-order valence-electron chi connectivity index (χ1n) is 14.2. The molecule has 6 aliphatic rings. The molecule has 0 radical (unpaired) electrons. The second-order valence-electron chi connectivity index (χ2n) is 13.0. The SMILES string of the molecule is CN(C1CC1)C1CCC2=CC3=CCC4(C)C(c5ccc6ccncc6c5)CC[C@H]4[C@@]34CC[C@]2(C1)O4. The molecule has 3 unspecified atom stereocenters. The van der Waals surface area contributed by atoms with Crippen LogP contribution in [0.25, 0.3) is 10.8 Å². The van der Waals surface area contributed by atoms with Crippen LogP contribution in [0, 0.1) is 11.3 Å². The molecule has 0 amide bonds. The largest absolute Gasteiger partial charge is 0.359 e. The Morgan fingerprint density at radius 2 is 1.91 bits per heavy atom. The molecule has 3 saturated carbocycles. The van der Waals surface area contributed by atoms with Crippen LogP contribution in [-0.2, 0) is 4.74 Å². The highest BCUT2D eigenvalue weighted by atomic mass is 16.5. The Kier molecular flexibility index (Phi) is 4.27. The highest BCUT2D eigenvalue weighted by Gasteiger charge is 2.66. The predicted molar refractivity (Wildman–Crippen MR) is 140 cm³/mol. The van der Waals surface area contributed by atoms with Gasteiger partial charge in [-0.15, -0.1) is 0 Å². The van der Waals surface area contributed by atoms with Gasteiger partial charge in [-0.25, -0.2) is 0 Å². The van der Waals surface area contributed by atoms with Crippen molar-refractivity contribution in [2.75, 3.05) is 7.05 Å². The van der Waals surface area contributed by atoms with Crippen LogP contribution in [0.5, 0.6) is 0 Å². The summed E-state index contributed by atoms with van der Waals surface area (Å²) in [5.41, 5.74) is 4.89. The van der Waals surface area contributed by atoms with E-state index in [4.69, 9.17) is 4.74 Å². The number of allylic oxidation sites excluding steroid dienone is 1. The van der Waals surface area contributed by atoms with E-state index >= 15 is 0 Å². The van der Waals surface area contributed by atoms with Crippen molar-refractivity contribution in [2.24, 2.45) is 11.3 Å². The maximum atomic E-state index is 7.52. The zero-order chi connectivity index (χ0) is 23.4. The lowest BCUT2D eigenvalue weighted by molar-refractivity contribution is -0.140. The topological polar surface area (TPSA) is 25.4 Å². The number of aromatic nitrogens is 1. The fraction of sp³-hybridized carbons (Fsp3) is 0.594. The van der Waals surface area contributed by atoms with E-state index < -0.39 is 0 Å². The zero-order valence-corrected chi connectivity index (χ0v) is 21.3. The van der Waals surface area contributed by atoms with E-state index in [1.807, 2.05) is 12.4 Å². The van der Waals surface area contributed by atoms with E-state index in [1.165, 1.54) is 80.5 Å². The molecule has 182 valence electrons. The predicted octanol–water partition coefficient (Wildman–Crippen LogP) is 6.94. The standard InChI is InChI=1S/C32H38N2O/c1-30-13-11-25-18-24-5-6-27(34(2)26-7-8-26)19-31(24)14-15-32(25,35-31)29(30)10-9-28(30)22-4-3-21-12-16-33-20-23(21)17-22/h3-4,11-12,16-18,20,26-29H,5-10,13-15,19H2,1-2H3/t27?,28?,29-,30?,31-,32-/m1/s1. The molecule has 2 aliphatic heterocycles. The number of hydrogen-bond acceptors (Lipinski definition) is 3. The first-order chi connectivity index (χ1) is 17.0. The molecule has 4 fully saturated rings. The number of hydrogen-bond donors (Lipinski definition) is 0. The summed E-state index contributed by atoms with van der Waals surface area (Å²) in [7, 11) is 2.38. The summed E-state index contributed by atoms with van der Waals surface area (Å²) in [6, 6.07) is 10.8. The Morgan fingerprint density at radius 1 is 1.00 bits per heavy atom. The van der Waals surface area contributed by atoms with Crippen molar-refractivity contribution in [3.05, 3.63) is 65.5 Å². The van der Waals surface area contributed by atoms with Gasteiger partial charge in [-0.2, -0.15) is 0 Å². The van der Waals surface area contributed by atoms with Crippen LogP contribution in [-0.4, -0.2) is 40.2 Å². The van der Waals surface area contributed by atoms with Crippen molar-refractivity contribution >= 4 is 10.8 Å². The Morgan fingerprint density at radius 3 is 2.80 bits per heavy atom. The van der Waals surface area contributed by atoms with E-state index in [1.54, 1.807) is 11.1 Å². The lowest BCUT2D eigenvalue weighted by Crippen LogP contribution is -2.55. The molecular weight excluding hydrogens is 428 g/mol. The average Bonchev–Trinajstić information content (AvgIpc) is 3.60. The third-order valence-electron chi connectivity index (χ3n) is 11.4. The van der Waals surface area contributed by atoms with Crippen molar-refractivity contribution < 1.29 is 4.74 Å². The van der Waals surface area contributed by atoms with E-state index in [-0.39, 0.29) is 16.6 Å². The number of fused-ring (bicyclic) bond motifs is 2. The van der Waals surface area contributed by atoms with Gasteiger partial charge < -0.3 is 9.64 Å². The molecule has 35 heavy (non-hydrogen) atoms. The first kappa shape index (κ1) is 21.1. The van der Waals surface area contributed by atoms with Crippen LogP contribution < -0.4 is 0 Å². The molecule has 2 aromatic rings. The molecule has 3 heteroatoms. The Bertz CT molecular complexity index is 1280. The van der Waals surface area contributed by atoms with Crippen molar-refractivity contribution in [3.63, 3.8) is 0 Å². The van der Waals surface area contributed by atoms with E-state index in [0.29, 0.717) is 17.9 Å². The normalized spacial score (nSPS) is 41.9. The maximum Gasteiger partial charge on any atom is 0.0974 e. The number of nitrogens with zero attached hydrogens (tertiary/aromatic N) is 2. The van der Waals surface area contributed by atoms with Gasteiger partial charge in [0.15, 0.2) is 0 Å². The van der Waals surface area contributed by atoms with Crippen LogP contribution in [0.4, 0.5) is 0 Å². The molecule has 1 aromatic carbocycles. The smallest absolute Gasteiger partial charge is 0.0974 e. The van der Waals surface area contributed by atoms with Crippen LogP contribution in [0.1, 0.15) is 82.6 Å². The molecular formula is C32H38N2O. The number of benzene rings is 1. The summed E-state index contributed by atoms with van der Waals surface area (Å²) in [5.74, 6) is 1.21. The van der Waals surface area contributed by atoms with Crippen molar-refractivity contribution in [1.29, 1.82) is 0 Å². The second-order valence-corrected chi connectivity index (χ2v) is 13.0. The monoisotopic (exact) mass is 466 g/mol. The van der Waals surface area contributed by atoms with Crippen molar-refractivity contribution in [1.82, 2.24) is 9.88 Å². The minimum atomic E-state index is -0.0519. The summed E-state index contributed by atoms with van der Waals surface area (Å²) >= 11 is 0. The molecule has 1 aromatic heterocycles. The summed E-state index contributed by atoms with van der Waals surface area (Å²) in [6.45, 7) is 2.59. The fourth-order valence-electron chi connectivity index (χ4n) is 9.38. The summed E-state index contributed by atoms with van der Waals surface area (Å²) < 4.78 is 7.52. The van der Waals surface area contributed by atoms with Gasteiger partial charge in [0, 0.05) is 29.9 Å². The van der Waals surface area contributed by atoms with Gasteiger partial charge in [0.2, 0.25) is 0 Å². The van der Waals surface area contributed by atoms with E-state index in [2.05, 4.69) is 60.3 Å². The zero-order valence-electron chi connectivity index (χ0n) is 21.3. The fourth-order valence-corrected chi connectivity index (χ4v) is 9.38. The molecule has 4 aliphatic carbocycles. The molecule has 6 atom stereocenters. The average molecular weight is 467 g/mol. The Hall–Kier alpha value is -1.97. The van der Waals surface area contributed by atoms with Crippen molar-refractivity contribution in [2.45, 2.75) is 100 Å². The van der Waals surface area contributed by atoms with Gasteiger partial charge in [0.05, 0.1) is 11.2 Å². The number of rotatable bonds is 3. The molecule has 2 spiro atoms. The van der Waals surface area contributed by atoms with Crippen LogP contribution in [0.3, 0.4) is 0 Å². The Balaban J connectivity index is 1.15. The van der Waals surface area contributed by atoms with Gasteiger partial charge in [-0.1, -0.05) is 31.2 Å². The molecule has 0 N–H and O–H groups in total. The van der Waals surface area contributed by atoms with Gasteiger partial charge in [-0.3, -0.25) is 4.98 Å². The number of ether oxygens (including phenoxy) is 1. The van der Waals surface area contributed by atoms with Gasteiger partial charge in [-0.05, 0) is 123 Å². The van der Waals surface area contributed by atoms with Crippen LogP contribution >= 0.6 is 0 Å². The lowest BCUT2D eigenvalue weighted by atomic mass is 9.58. The highest BCUT2D eigenvalue weighted by molar-refractivity contribution is 5.82. The van der Waals surface area contributed by atoms with Crippen LogP contribution in [0.15, 0.2) is 60.0 Å². The third-order valence-corrected chi connectivity index (χ3v) is 11.4. The quantitative estimate of drug-likeness (QED) is 0.490. The summed E-state index contributed by atoms with van der Waals surface area (Å²) in [4.78, 5) is 7.10.